The Labute approximate surface area is 157 Å². The van der Waals surface area contributed by atoms with E-state index in [0.717, 1.165) is 41.3 Å². The van der Waals surface area contributed by atoms with Crippen molar-refractivity contribution in [1.82, 2.24) is 14.9 Å². The minimum atomic E-state index is -0.0304. The molecule has 6 nitrogen and oxygen atoms in total. The van der Waals surface area contributed by atoms with E-state index in [4.69, 9.17) is 9.47 Å². The Hall–Kier alpha value is -1.99. The molecule has 1 aliphatic rings. The fraction of sp³-hybridized carbons (Fsp3) is 0.474. The minimum absolute atomic E-state index is 0.0304. The van der Waals surface area contributed by atoms with Gasteiger partial charge in [0.1, 0.15) is 0 Å². The van der Waals surface area contributed by atoms with E-state index in [-0.39, 0.29) is 5.56 Å². The first-order valence-corrected chi connectivity index (χ1v) is 10.1. The fourth-order valence-electron chi connectivity index (χ4n) is 3.19. The van der Waals surface area contributed by atoms with Crippen molar-refractivity contribution in [2.45, 2.75) is 38.5 Å². The lowest BCUT2D eigenvalue weighted by Gasteiger charge is -2.28. The highest BCUT2D eigenvalue weighted by Gasteiger charge is 2.22. The number of fused-ring (bicyclic) bond motifs is 1. The molecule has 2 aromatic rings. The van der Waals surface area contributed by atoms with Crippen LogP contribution in [0.3, 0.4) is 0 Å². The zero-order valence-corrected chi connectivity index (χ0v) is 16.3. The summed E-state index contributed by atoms with van der Waals surface area (Å²) in [6, 6.07) is 5.98. The molecule has 2 heterocycles. The molecule has 0 bridgehead atoms. The summed E-state index contributed by atoms with van der Waals surface area (Å²) in [5.74, 6) is 1.57. The predicted octanol–water partition coefficient (Wildman–Crippen LogP) is 2.85. The van der Waals surface area contributed by atoms with Crippen molar-refractivity contribution in [1.29, 1.82) is 0 Å². The third-order valence-electron chi connectivity index (χ3n) is 4.36. The molecule has 1 aromatic carbocycles. The average molecular weight is 375 g/mol. The fourth-order valence-corrected chi connectivity index (χ4v) is 3.59. The summed E-state index contributed by atoms with van der Waals surface area (Å²) in [5.41, 5.74) is 2.74. The molecule has 0 saturated carbocycles. The number of hydrogen-bond donors (Lipinski definition) is 1. The highest BCUT2D eigenvalue weighted by molar-refractivity contribution is 7.98. The summed E-state index contributed by atoms with van der Waals surface area (Å²) in [6.07, 6.45) is 2.70. The van der Waals surface area contributed by atoms with Crippen molar-refractivity contribution >= 4 is 11.8 Å². The van der Waals surface area contributed by atoms with Crippen LogP contribution in [0.5, 0.6) is 11.5 Å². The van der Waals surface area contributed by atoms with Gasteiger partial charge in [0.25, 0.3) is 5.56 Å². The van der Waals surface area contributed by atoms with E-state index in [9.17, 15) is 4.79 Å². The molecule has 0 saturated heterocycles. The Kier molecular flexibility index (Phi) is 6.21. The highest BCUT2D eigenvalue weighted by atomic mass is 32.2. The van der Waals surface area contributed by atoms with Crippen LogP contribution in [0.2, 0.25) is 0 Å². The smallest absolute Gasteiger partial charge is 0.256 e. The van der Waals surface area contributed by atoms with Crippen LogP contribution < -0.4 is 15.0 Å². The van der Waals surface area contributed by atoms with Crippen LogP contribution in [0.4, 0.5) is 0 Å². The van der Waals surface area contributed by atoms with Gasteiger partial charge in [0.15, 0.2) is 16.7 Å². The van der Waals surface area contributed by atoms with Crippen molar-refractivity contribution in [2.75, 3.05) is 26.0 Å². The number of benzene rings is 1. The lowest BCUT2D eigenvalue weighted by atomic mass is 10.1. The Balaban J connectivity index is 1.83. The van der Waals surface area contributed by atoms with Crippen LogP contribution >= 0.6 is 11.8 Å². The van der Waals surface area contributed by atoms with Gasteiger partial charge in [-0.05, 0) is 26.2 Å². The van der Waals surface area contributed by atoms with Gasteiger partial charge in [0.2, 0.25) is 0 Å². The molecule has 0 aliphatic carbocycles. The van der Waals surface area contributed by atoms with Crippen LogP contribution in [0.15, 0.2) is 28.2 Å². The molecule has 0 spiro atoms. The van der Waals surface area contributed by atoms with E-state index in [0.29, 0.717) is 31.5 Å². The zero-order chi connectivity index (χ0) is 18.5. The molecular formula is C19H25N3O3S. The molecule has 1 aromatic heterocycles. The van der Waals surface area contributed by atoms with Gasteiger partial charge in [-0.3, -0.25) is 9.69 Å². The number of aromatic nitrogens is 2. The molecule has 0 radical (unpaired) electrons. The molecule has 0 amide bonds. The molecule has 1 aliphatic heterocycles. The molecule has 7 heteroatoms. The first-order valence-electron chi connectivity index (χ1n) is 8.92. The molecule has 0 unspecified atom stereocenters. The van der Waals surface area contributed by atoms with Crippen molar-refractivity contribution in [3.63, 3.8) is 0 Å². The zero-order valence-electron chi connectivity index (χ0n) is 15.5. The van der Waals surface area contributed by atoms with Crippen molar-refractivity contribution < 1.29 is 9.47 Å². The number of aromatic amines is 1. The van der Waals surface area contributed by atoms with Crippen LogP contribution in [0.1, 0.15) is 30.7 Å². The summed E-state index contributed by atoms with van der Waals surface area (Å²) in [5, 5.41) is 0.685. The molecule has 1 N–H and O–H groups in total. The number of hydrogen-bond acceptors (Lipinski definition) is 6. The molecule has 0 fully saturated rings. The highest BCUT2D eigenvalue weighted by Crippen LogP contribution is 2.33. The summed E-state index contributed by atoms with van der Waals surface area (Å²) < 4.78 is 11.6. The largest absolute Gasteiger partial charge is 0.490 e. The van der Waals surface area contributed by atoms with Crippen molar-refractivity contribution in [3.8, 4) is 11.5 Å². The van der Waals surface area contributed by atoms with E-state index in [1.807, 2.05) is 32.2 Å². The molecular weight excluding hydrogens is 350 g/mol. The van der Waals surface area contributed by atoms with Crippen LogP contribution in [0.25, 0.3) is 0 Å². The number of nitrogens with one attached hydrogen (secondary N) is 1. The minimum Gasteiger partial charge on any atom is -0.490 e. The molecule has 0 atom stereocenters. The number of nitrogens with zero attached hydrogens (tertiary/aromatic N) is 2. The lowest BCUT2D eigenvalue weighted by Crippen LogP contribution is -2.35. The van der Waals surface area contributed by atoms with E-state index >= 15 is 0 Å². The maximum Gasteiger partial charge on any atom is 0.256 e. The third kappa shape index (κ3) is 4.04. The average Bonchev–Trinajstić information content (AvgIpc) is 2.65. The van der Waals surface area contributed by atoms with Gasteiger partial charge in [0.05, 0.1) is 24.5 Å². The summed E-state index contributed by atoms with van der Waals surface area (Å²) >= 11 is 1.46. The Morgan fingerprint density at radius 1 is 1.27 bits per heavy atom. The number of H-pyrrole nitrogens is 1. The summed E-state index contributed by atoms with van der Waals surface area (Å²) in [4.78, 5) is 22.0. The van der Waals surface area contributed by atoms with Crippen LogP contribution in [-0.2, 0) is 19.5 Å². The van der Waals surface area contributed by atoms with Crippen molar-refractivity contribution in [2.24, 2.45) is 0 Å². The first-order chi connectivity index (χ1) is 12.7. The maximum atomic E-state index is 12.4. The predicted molar refractivity (Wildman–Crippen MR) is 103 cm³/mol. The topological polar surface area (TPSA) is 67.5 Å². The normalized spacial score (nSPS) is 14.1. The number of thioether (sulfide) groups is 1. The van der Waals surface area contributed by atoms with Crippen LogP contribution in [-0.4, -0.2) is 40.9 Å². The van der Waals surface area contributed by atoms with E-state index < -0.39 is 0 Å². The third-order valence-corrected chi connectivity index (χ3v) is 4.94. The monoisotopic (exact) mass is 375 g/mol. The summed E-state index contributed by atoms with van der Waals surface area (Å²) in [7, 11) is 0. The number of ether oxygens (including phenoxy) is 2. The van der Waals surface area contributed by atoms with Gasteiger partial charge >= 0.3 is 0 Å². The van der Waals surface area contributed by atoms with Gasteiger partial charge in [-0.2, -0.15) is 0 Å². The van der Waals surface area contributed by atoms with Crippen molar-refractivity contribution in [3.05, 3.63) is 45.4 Å². The molecule has 140 valence electrons. The second-order valence-electron chi connectivity index (χ2n) is 6.07. The second-order valence-corrected chi connectivity index (χ2v) is 6.87. The lowest BCUT2D eigenvalue weighted by molar-refractivity contribution is 0.231. The van der Waals surface area contributed by atoms with Gasteiger partial charge in [0, 0.05) is 31.6 Å². The van der Waals surface area contributed by atoms with Gasteiger partial charge in [-0.1, -0.05) is 23.9 Å². The first kappa shape index (κ1) is 18.8. The second kappa shape index (κ2) is 8.60. The number of para-hydroxylation sites is 1. The molecule has 26 heavy (non-hydrogen) atoms. The Morgan fingerprint density at radius 3 is 2.81 bits per heavy atom. The molecule has 3 rings (SSSR count). The Bertz CT molecular complexity index is 822. The van der Waals surface area contributed by atoms with Gasteiger partial charge in [-0.25, -0.2) is 4.98 Å². The number of rotatable bonds is 7. The standard InChI is InChI=1S/C19H25N3O3S/c1-4-24-16-8-6-7-13(17(16)25-5-2)11-22-10-9-15-14(12-22)18(23)21-19(20-15)26-3/h6-8H,4-5,9-12H2,1-3H3,(H,20,21,23). The Morgan fingerprint density at radius 2 is 2.08 bits per heavy atom. The SMILES string of the molecule is CCOc1cccc(CN2CCc3nc(SC)[nH]c(=O)c3C2)c1OCC. The van der Waals surface area contributed by atoms with Gasteiger partial charge in [-0.15, -0.1) is 0 Å². The maximum absolute atomic E-state index is 12.4. The summed E-state index contributed by atoms with van der Waals surface area (Å²) in [6.45, 7) is 7.28. The van der Waals surface area contributed by atoms with E-state index in [1.54, 1.807) is 0 Å². The van der Waals surface area contributed by atoms with Crippen LogP contribution in [0, 0.1) is 0 Å². The quantitative estimate of drug-likeness (QED) is 0.593. The van der Waals surface area contributed by atoms with E-state index in [2.05, 4.69) is 20.9 Å². The van der Waals surface area contributed by atoms with E-state index in [1.165, 1.54) is 11.8 Å². The van der Waals surface area contributed by atoms with Gasteiger partial charge < -0.3 is 14.5 Å².